The van der Waals surface area contributed by atoms with Crippen molar-refractivity contribution in [3.63, 3.8) is 0 Å². The highest BCUT2D eigenvalue weighted by atomic mass is 32.2. The second-order valence-electron chi connectivity index (χ2n) is 3.73. The van der Waals surface area contributed by atoms with Crippen LogP contribution in [0.15, 0.2) is 0 Å². The molecule has 0 aromatic carbocycles. The van der Waals surface area contributed by atoms with Crippen LogP contribution >= 0.6 is 0 Å². The first-order chi connectivity index (χ1) is 7.86. The molecule has 0 bridgehead atoms. The summed E-state index contributed by atoms with van der Waals surface area (Å²) >= 11 is 0. The van der Waals surface area contributed by atoms with Gasteiger partial charge < -0.3 is 15.5 Å². The number of amides is 1. The van der Waals surface area contributed by atoms with Crippen molar-refractivity contribution in [2.24, 2.45) is 0 Å². The van der Waals surface area contributed by atoms with Crippen LogP contribution in [0.3, 0.4) is 0 Å². The van der Waals surface area contributed by atoms with E-state index in [1.807, 2.05) is 0 Å². The minimum atomic E-state index is -3.46. The van der Waals surface area contributed by atoms with Gasteiger partial charge in [-0.2, -0.15) is 0 Å². The molecule has 8 heteroatoms. The van der Waals surface area contributed by atoms with Crippen molar-refractivity contribution in [1.29, 1.82) is 0 Å². The normalized spacial score (nSPS) is 13.7. The Morgan fingerprint density at radius 2 is 1.82 bits per heavy atom. The van der Waals surface area contributed by atoms with Gasteiger partial charge in [0, 0.05) is 0 Å². The predicted octanol–water partition coefficient (Wildman–Crippen LogP) is -1.83. The lowest BCUT2D eigenvalue weighted by atomic mass is 10.3. The van der Waals surface area contributed by atoms with Gasteiger partial charge in [0.05, 0.1) is 31.1 Å². The molecule has 0 aliphatic rings. The molecule has 0 saturated carbocycles. The molecular formula is C9H20N2O5S. The van der Waals surface area contributed by atoms with Crippen molar-refractivity contribution >= 4 is 15.9 Å². The van der Waals surface area contributed by atoms with Gasteiger partial charge in [-0.15, -0.1) is 0 Å². The molecule has 4 N–H and O–H groups in total. The fourth-order valence-corrected chi connectivity index (χ4v) is 2.43. The molecule has 0 aromatic heterocycles. The van der Waals surface area contributed by atoms with Crippen LogP contribution in [-0.4, -0.2) is 55.6 Å². The number of nitrogens with one attached hydrogen (secondary N) is 2. The molecule has 0 fully saturated rings. The Balaban J connectivity index is 4.32. The Kier molecular flexibility index (Phi) is 7.28. The summed E-state index contributed by atoms with van der Waals surface area (Å²) in [5, 5.41) is 19.8. The first-order valence-corrected chi connectivity index (χ1v) is 7.03. The van der Waals surface area contributed by atoms with Gasteiger partial charge in [-0.25, -0.2) is 13.1 Å². The van der Waals surface area contributed by atoms with Gasteiger partial charge in [0.1, 0.15) is 0 Å². The van der Waals surface area contributed by atoms with E-state index < -0.39 is 41.2 Å². The van der Waals surface area contributed by atoms with E-state index in [0.717, 1.165) is 0 Å². The molecule has 7 nitrogen and oxygen atoms in total. The van der Waals surface area contributed by atoms with Crippen molar-refractivity contribution < 1.29 is 23.4 Å². The fraction of sp³-hybridized carbons (Fsp3) is 0.889. The van der Waals surface area contributed by atoms with Crippen LogP contribution in [0.4, 0.5) is 0 Å². The third-order valence-electron chi connectivity index (χ3n) is 2.01. The van der Waals surface area contributed by atoms with Gasteiger partial charge in [0.25, 0.3) is 0 Å². The largest absolute Gasteiger partial charge is 0.394 e. The van der Waals surface area contributed by atoms with E-state index >= 15 is 0 Å². The SMILES string of the molecule is CCCS(=O)(=O)NC(C)C(=O)NC(CO)CO. The van der Waals surface area contributed by atoms with E-state index in [2.05, 4.69) is 10.0 Å². The molecule has 0 aliphatic carbocycles. The third-order valence-corrected chi connectivity index (χ3v) is 3.67. The zero-order valence-electron chi connectivity index (χ0n) is 10.0. The number of sulfonamides is 1. The van der Waals surface area contributed by atoms with Crippen molar-refractivity contribution in [1.82, 2.24) is 10.0 Å². The molecule has 1 unspecified atom stereocenters. The Hall–Kier alpha value is -0.700. The molecule has 0 spiro atoms. The lowest BCUT2D eigenvalue weighted by Gasteiger charge is -2.18. The molecule has 0 heterocycles. The Bertz CT molecular complexity index is 326. The smallest absolute Gasteiger partial charge is 0.238 e. The lowest BCUT2D eigenvalue weighted by Crippen LogP contribution is -2.50. The summed E-state index contributed by atoms with van der Waals surface area (Å²) in [7, 11) is -3.46. The molecule has 102 valence electrons. The van der Waals surface area contributed by atoms with Gasteiger partial charge in [-0.3, -0.25) is 4.79 Å². The maximum atomic E-state index is 11.5. The van der Waals surface area contributed by atoms with Crippen molar-refractivity contribution in [3.8, 4) is 0 Å². The second kappa shape index (κ2) is 7.59. The second-order valence-corrected chi connectivity index (χ2v) is 5.60. The van der Waals surface area contributed by atoms with Crippen LogP contribution in [0.2, 0.25) is 0 Å². The first kappa shape index (κ1) is 16.3. The summed E-state index contributed by atoms with van der Waals surface area (Å²) in [6, 6.07) is -1.72. The van der Waals surface area contributed by atoms with Crippen molar-refractivity contribution in [2.45, 2.75) is 32.4 Å². The Morgan fingerprint density at radius 1 is 1.29 bits per heavy atom. The topological polar surface area (TPSA) is 116 Å². The number of hydrogen-bond donors (Lipinski definition) is 4. The minimum absolute atomic E-state index is 0.0476. The maximum absolute atomic E-state index is 11.5. The molecule has 0 aliphatic heterocycles. The van der Waals surface area contributed by atoms with Gasteiger partial charge in [0.2, 0.25) is 15.9 Å². The summed E-state index contributed by atoms with van der Waals surface area (Å²) in [4.78, 5) is 11.5. The monoisotopic (exact) mass is 268 g/mol. The number of rotatable bonds is 8. The van der Waals surface area contributed by atoms with E-state index in [0.29, 0.717) is 6.42 Å². The van der Waals surface area contributed by atoms with E-state index in [4.69, 9.17) is 10.2 Å². The highest BCUT2D eigenvalue weighted by molar-refractivity contribution is 7.89. The van der Waals surface area contributed by atoms with Gasteiger partial charge in [-0.1, -0.05) is 6.92 Å². The average molecular weight is 268 g/mol. The molecule has 0 aromatic rings. The Morgan fingerprint density at radius 3 is 2.24 bits per heavy atom. The number of hydrogen-bond acceptors (Lipinski definition) is 5. The summed E-state index contributed by atoms with van der Waals surface area (Å²) in [6.07, 6.45) is 0.458. The highest BCUT2D eigenvalue weighted by Gasteiger charge is 2.21. The van der Waals surface area contributed by atoms with Crippen LogP contribution in [0.25, 0.3) is 0 Å². The quantitative estimate of drug-likeness (QED) is 0.413. The van der Waals surface area contributed by atoms with Crippen LogP contribution in [0, 0.1) is 0 Å². The number of carbonyl (C=O) groups excluding carboxylic acids is 1. The van der Waals surface area contributed by atoms with E-state index in [1.165, 1.54) is 6.92 Å². The van der Waals surface area contributed by atoms with Gasteiger partial charge in [0.15, 0.2) is 0 Å². The van der Waals surface area contributed by atoms with E-state index in [9.17, 15) is 13.2 Å². The maximum Gasteiger partial charge on any atom is 0.238 e. The van der Waals surface area contributed by atoms with Crippen LogP contribution in [0.5, 0.6) is 0 Å². The summed E-state index contributed by atoms with van der Waals surface area (Å²) in [5.74, 6) is -0.633. The average Bonchev–Trinajstić information content (AvgIpc) is 2.24. The zero-order chi connectivity index (χ0) is 13.5. The molecule has 17 heavy (non-hydrogen) atoms. The fourth-order valence-electron chi connectivity index (χ4n) is 1.13. The van der Waals surface area contributed by atoms with Crippen molar-refractivity contribution in [3.05, 3.63) is 0 Å². The van der Waals surface area contributed by atoms with Gasteiger partial charge >= 0.3 is 0 Å². The van der Waals surface area contributed by atoms with Crippen LogP contribution in [0.1, 0.15) is 20.3 Å². The Labute approximate surface area is 101 Å². The molecular weight excluding hydrogens is 248 g/mol. The predicted molar refractivity (Wildman–Crippen MR) is 62.8 cm³/mol. The summed E-state index contributed by atoms with van der Waals surface area (Å²) in [6.45, 7) is 2.30. The molecule has 1 atom stereocenters. The van der Waals surface area contributed by atoms with E-state index in [-0.39, 0.29) is 5.75 Å². The molecule has 0 rings (SSSR count). The minimum Gasteiger partial charge on any atom is -0.394 e. The highest BCUT2D eigenvalue weighted by Crippen LogP contribution is 1.93. The summed E-state index contributed by atoms with van der Waals surface area (Å²) in [5.41, 5.74) is 0. The van der Waals surface area contributed by atoms with Crippen molar-refractivity contribution in [2.75, 3.05) is 19.0 Å². The first-order valence-electron chi connectivity index (χ1n) is 5.38. The number of carbonyl (C=O) groups is 1. The zero-order valence-corrected chi connectivity index (χ0v) is 10.8. The van der Waals surface area contributed by atoms with Gasteiger partial charge in [-0.05, 0) is 13.3 Å². The number of aliphatic hydroxyl groups is 2. The summed E-state index contributed by atoms with van der Waals surface area (Å²) < 4.78 is 25.0. The van der Waals surface area contributed by atoms with Crippen LogP contribution < -0.4 is 10.0 Å². The molecule has 1 amide bonds. The molecule has 0 radical (unpaired) electrons. The number of aliphatic hydroxyl groups excluding tert-OH is 2. The van der Waals surface area contributed by atoms with Crippen LogP contribution in [-0.2, 0) is 14.8 Å². The molecule has 0 saturated heterocycles. The third kappa shape index (κ3) is 6.57. The van der Waals surface area contributed by atoms with E-state index in [1.54, 1.807) is 6.92 Å². The lowest BCUT2D eigenvalue weighted by molar-refractivity contribution is -0.123. The standard InChI is InChI=1S/C9H20N2O5S/c1-3-4-17(15,16)11-7(2)9(14)10-8(5-12)6-13/h7-8,11-13H,3-6H2,1-2H3,(H,10,14).